The molecule has 7 heteroatoms. The Bertz CT molecular complexity index is 547. The van der Waals surface area contributed by atoms with Crippen LogP contribution in [0.2, 0.25) is 0 Å². The zero-order chi connectivity index (χ0) is 15.0. The highest BCUT2D eigenvalue weighted by molar-refractivity contribution is 9.10. The van der Waals surface area contributed by atoms with Crippen molar-refractivity contribution in [2.24, 2.45) is 5.41 Å². The Kier molecular flexibility index (Phi) is 4.33. The van der Waals surface area contributed by atoms with E-state index < -0.39 is 21.6 Å². The van der Waals surface area contributed by atoms with Crippen LogP contribution in [0.5, 0.6) is 0 Å². The summed E-state index contributed by atoms with van der Waals surface area (Å²) in [5.74, 6) is -0.979. The number of carbonyl (C=O) groups excluding carboxylic acids is 2. The number of hydrogen-bond acceptors (Lipinski definition) is 3. The monoisotopic (exact) mass is 379 g/mol. The number of anilines is 1. The number of rotatable bonds is 4. The van der Waals surface area contributed by atoms with Gasteiger partial charge in [0, 0.05) is 16.6 Å². The van der Waals surface area contributed by atoms with Gasteiger partial charge in [0.05, 0.1) is 0 Å². The molecule has 1 fully saturated rings. The molecule has 0 heterocycles. The first-order chi connectivity index (χ1) is 9.24. The van der Waals surface area contributed by atoms with Gasteiger partial charge in [0.1, 0.15) is 9.75 Å². The minimum atomic E-state index is -1.09. The third-order valence-corrected chi connectivity index (χ3v) is 4.80. The average Bonchev–Trinajstić information content (AvgIpc) is 2.90. The standard InChI is InChI=1S/C13H12BrCl2NO3/c1-12(7-13(12,15)16)11(19)20-6-10(18)17-9-4-2-8(14)3-5-9/h2-5H,6-7H2,1H3,(H,17,18)/t12-/m1/s1. The summed E-state index contributed by atoms with van der Waals surface area (Å²) in [5.41, 5.74) is -0.301. The van der Waals surface area contributed by atoms with Crippen molar-refractivity contribution in [1.29, 1.82) is 0 Å². The Labute approximate surface area is 134 Å². The molecule has 4 nitrogen and oxygen atoms in total. The van der Waals surface area contributed by atoms with Crippen LogP contribution in [0, 0.1) is 5.41 Å². The van der Waals surface area contributed by atoms with Crippen LogP contribution in [-0.4, -0.2) is 22.8 Å². The molecule has 1 aromatic carbocycles. The summed E-state index contributed by atoms with van der Waals surface area (Å²) in [4.78, 5) is 23.4. The van der Waals surface area contributed by atoms with Crippen molar-refractivity contribution in [3.05, 3.63) is 28.7 Å². The molecule has 1 N–H and O–H groups in total. The molecule has 1 aliphatic carbocycles. The van der Waals surface area contributed by atoms with Gasteiger partial charge in [-0.05, 0) is 31.2 Å². The van der Waals surface area contributed by atoms with E-state index >= 15 is 0 Å². The van der Waals surface area contributed by atoms with Crippen molar-refractivity contribution in [2.75, 3.05) is 11.9 Å². The lowest BCUT2D eigenvalue weighted by Crippen LogP contribution is -2.26. The largest absolute Gasteiger partial charge is 0.455 e. The van der Waals surface area contributed by atoms with Gasteiger partial charge < -0.3 is 10.1 Å². The summed E-state index contributed by atoms with van der Waals surface area (Å²) in [6.45, 7) is 1.25. The molecule has 20 heavy (non-hydrogen) atoms. The quantitative estimate of drug-likeness (QED) is 0.642. The van der Waals surface area contributed by atoms with Gasteiger partial charge in [-0.1, -0.05) is 15.9 Å². The third-order valence-electron chi connectivity index (χ3n) is 3.17. The predicted octanol–water partition coefficient (Wildman–Crippen LogP) is 3.51. The highest BCUT2D eigenvalue weighted by Crippen LogP contribution is 2.64. The van der Waals surface area contributed by atoms with E-state index in [0.717, 1.165) is 4.47 Å². The Morgan fingerprint density at radius 1 is 1.35 bits per heavy atom. The minimum absolute atomic E-state index is 0.330. The van der Waals surface area contributed by atoms with Crippen LogP contribution in [0.25, 0.3) is 0 Å². The Morgan fingerprint density at radius 3 is 2.40 bits per heavy atom. The first-order valence-electron chi connectivity index (χ1n) is 5.85. The molecule has 1 saturated carbocycles. The minimum Gasteiger partial charge on any atom is -0.455 e. The Balaban J connectivity index is 1.81. The van der Waals surface area contributed by atoms with Gasteiger partial charge in [-0.15, -0.1) is 23.2 Å². The molecule has 2 rings (SSSR count). The van der Waals surface area contributed by atoms with Gasteiger partial charge in [0.15, 0.2) is 6.61 Å². The lowest BCUT2D eigenvalue weighted by atomic mass is 10.1. The first-order valence-corrected chi connectivity index (χ1v) is 7.40. The smallest absolute Gasteiger partial charge is 0.315 e. The number of alkyl halides is 2. The van der Waals surface area contributed by atoms with Gasteiger partial charge in [-0.3, -0.25) is 9.59 Å². The van der Waals surface area contributed by atoms with E-state index in [1.807, 2.05) is 0 Å². The number of carbonyl (C=O) groups is 2. The maximum Gasteiger partial charge on any atom is 0.315 e. The molecule has 1 amide bonds. The summed E-state index contributed by atoms with van der Waals surface area (Å²) in [5, 5.41) is 2.61. The number of esters is 1. The number of hydrogen-bond donors (Lipinski definition) is 1. The lowest BCUT2D eigenvalue weighted by Gasteiger charge is -2.11. The number of ether oxygens (including phenoxy) is 1. The molecule has 0 spiro atoms. The molecule has 1 atom stereocenters. The van der Waals surface area contributed by atoms with Crippen LogP contribution < -0.4 is 5.32 Å². The fourth-order valence-corrected chi connectivity index (χ4v) is 2.60. The van der Waals surface area contributed by atoms with E-state index in [1.165, 1.54) is 0 Å². The van der Waals surface area contributed by atoms with Gasteiger partial charge in [0.25, 0.3) is 5.91 Å². The van der Waals surface area contributed by atoms with E-state index in [0.29, 0.717) is 12.1 Å². The Morgan fingerprint density at radius 2 is 1.90 bits per heavy atom. The van der Waals surface area contributed by atoms with Crippen LogP contribution in [0.4, 0.5) is 5.69 Å². The van der Waals surface area contributed by atoms with Gasteiger partial charge in [-0.25, -0.2) is 0 Å². The molecule has 0 aromatic heterocycles. The van der Waals surface area contributed by atoms with Gasteiger partial charge in [0.2, 0.25) is 0 Å². The second-order valence-electron chi connectivity index (χ2n) is 4.84. The second kappa shape index (κ2) is 5.54. The van der Waals surface area contributed by atoms with E-state index in [9.17, 15) is 9.59 Å². The maximum atomic E-state index is 11.8. The topological polar surface area (TPSA) is 55.4 Å². The summed E-state index contributed by atoms with van der Waals surface area (Å²) in [7, 11) is 0. The molecule has 108 valence electrons. The van der Waals surface area contributed by atoms with E-state index in [2.05, 4.69) is 21.2 Å². The predicted molar refractivity (Wildman–Crippen MR) is 80.9 cm³/mol. The zero-order valence-corrected chi connectivity index (χ0v) is 13.7. The van der Waals surface area contributed by atoms with Crippen molar-refractivity contribution in [1.82, 2.24) is 0 Å². The summed E-state index contributed by atoms with van der Waals surface area (Å²) in [6.07, 6.45) is 0.330. The molecule has 0 bridgehead atoms. The zero-order valence-electron chi connectivity index (χ0n) is 10.6. The molecule has 1 aliphatic rings. The Hall–Kier alpha value is -0.780. The summed E-state index contributed by atoms with van der Waals surface area (Å²) >= 11 is 15.0. The van der Waals surface area contributed by atoms with Crippen molar-refractivity contribution in [2.45, 2.75) is 17.7 Å². The second-order valence-corrected chi connectivity index (χ2v) is 7.24. The van der Waals surface area contributed by atoms with Gasteiger partial charge >= 0.3 is 5.97 Å². The summed E-state index contributed by atoms with van der Waals surface area (Å²) < 4.78 is 4.75. The van der Waals surface area contributed by atoms with Crippen molar-refractivity contribution >= 4 is 56.7 Å². The molecule has 0 radical (unpaired) electrons. The van der Waals surface area contributed by atoms with E-state index in [1.54, 1.807) is 31.2 Å². The molecule has 0 aliphatic heterocycles. The van der Waals surface area contributed by atoms with E-state index in [-0.39, 0.29) is 6.61 Å². The molecular formula is C13H12BrCl2NO3. The first kappa shape index (κ1) is 15.6. The average molecular weight is 381 g/mol. The SMILES string of the molecule is C[C@]1(C(=O)OCC(=O)Nc2ccc(Br)cc2)CC1(Cl)Cl. The number of halogens is 3. The molecule has 0 unspecified atom stereocenters. The number of benzene rings is 1. The highest BCUT2D eigenvalue weighted by atomic mass is 79.9. The normalized spacial score (nSPS) is 23.0. The fraction of sp³-hybridized carbons (Fsp3) is 0.385. The van der Waals surface area contributed by atoms with Crippen LogP contribution >= 0.6 is 39.1 Å². The van der Waals surface area contributed by atoms with Crippen LogP contribution in [0.1, 0.15) is 13.3 Å². The summed E-state index contributed by atoms with van der Waals surface area (Å²) in [6, 6.07) is 7.05. The van der Waals surface area contributed by atoms with Crippen LogP contribution in [0.3, 0.4) is 0 Å². The van der Waals surface area contributed by atoms with Crippen molar-refractivity contribution in [3.63, 3.8) is 0 Å². The molecular weight excluding hydrogens is 369 g/mol. The lowest BCUT2D eigenvalue weighted by molar-refractivity contribution is -0.152. The van der Waals surface area contributed by atoms with Crippen LogP contribution in [0.15, 0.2) is 28.7 Å². The highest BCUT2D eigenvalue weighted by Gasteiger charge is 2.69. The third kappa shape index (κ3) is 3.27. The fourth-order valence-electron chi connectivity index (χ4n) is 1.64. The van der Waals surface area contributed by atoms with Gasteiger partial charge in [-0.2, -0.15) is 0 Å². The molecule has 1 aromatic rings. The molecule has 0 saturated heterocycles. The maximum absolute atomic E-state index is 11.8. The van der Waals surface area contributed by atoms with Crippen molar-refractivity contribution < 1.29 is 14.3 Å². The number of nitrogens with one attached hydrogen (secondary N) is 1. The van der Waals surface area contributed by atoms with E-state index in [4.69, 9.17) is 27.9 Å². The van der Waals surface area contributed by atoms with Crippen LogP contribution in [-0.2, 0) is 14.3 Å². The van der Waals surface area contributed by atoms with Crippen molar-refractivity contribution in [3.8, 4) is 0 Å². The number of amides is 1.